The van der Waals surface area contributed by atoms with E-state index in [4.69, 9.17) is 6.58 Å². The van der Waals surface area contributed by atoms with Gasteiger partial charge in [-0.2, -0.15) is 0 Å². The third kappa shape index (κ3) is 17.3. The van der Waals surface area contributed by atoms with E-state index in [2.05, 4.69) is 0 Å². The van der Waals surface area contributed by atoms with E-state index in [0.29, 0.717) is 0 Å². The fraction of sp³-hybridized carbons (Fsp3) is 0. The van der Waals surface area contributed by atoms with Crippen LogP contribution in [-0.4, -0.2) is 4.40 Å². The van der Waals surface area contributed by atoms with E-state index >= 15 is 0 Å². The average molecular weight is 591 g/mol. The fourth-order valence-corrected chi connectivity index (χ4v) is 0. The third-order valence-electron chi connectivity index (χ3n) is 0.0786. The first-order valence-corrected chi connectivity index (χ1v) is 13.8. The van der Waals surface area contributed by atoms with Crippen LogP contribution in [0.5, 0.6) is 0 Å². The van der Waals surface area contributed by atoms with Crippen molar-refractivity contribution in [2.45, 2.75) is 0 Å². The molecular weight excluding hydrogens is 588 g/mol. The Morgan fingerprint density at radius 3 is 1.50 bits per heavy atom. The second kappa shape index (κ2) is 15.9. The van der Waals surface area contributed by atoms with Gasteiger partial charge in [0, 0.05) is 0 Å². The summed E-state index contributed by atoms with van der Waals surface area (Å²) >= 11 is 4.73. The van der Waals surface area contributed by atoms with Gasteiger partial charge in [0.2, 0.25) is 0 Å². The number of hydrogen-bond donors (Lipinski definition) is 0. The Morgan fingerprint density at radius 1 is 1.33 bits per heavy atom. The van der Waals surface area contributed by atoms with Crippen LogP contribution in [-0.2, 0) is 51.8 Å². The van der Waals surface area contributed by atoms with E-state index in [9.17, 15) is 0 Å². The molecule has 3 heteroatoms. The van der Waals surface area contributed by atoms with Crippen LogP contribution in [0.2, 0.25) is 0 Å². The molecule has 0 aliphatic heterocycles. The van der Waals surface area contributed by atoms with E-state index in [1.54, 1.807) is 32.4 Å². The zero-order chi connectivity index (χ0) is 5.41. The predicted octanol–water partition coefficient (Wildman–Crippen LogP) is 0.320. The molecule has 0 rings (SSSR count). The van der Waals surface area contributed by atoms with Gasteiger partial charge < -0.3 is 0 Å². The molecule has 0 spiro atoms. The van der Waals surface area contributed by atoms with Crippen LogP contribution in [0.15, 0.2) is 6.08 Å². The quantitative estimate of drug-likeness (QED) is 0.387. The molecule has 0 aromatic carbocycles. The van der Waals surface area contributed by atoms with Crippen LogP contribution < -0.4 is 0 Å². The Balaban J connectivity index is 0. The van der Waals surface area contributed by atoms with E-state index in [-0.39, 0.29) is 0 Å². The maximum atomic E-state index is 4.87. The Kier molecular flexibility index (Phi) is 28.2. The van der Waals surface area contributed by atoms with Gasteiger partial charge in [0.1, 0.15) is 0 Å². The van der Waals surface area contributed by atoms with Crippen molar-refractivity contribution in [3.63, 3.8) is 0 Å². The molecule has 0 aromatic heterocycles. The Morgan fingerprint density at radius 2 is 1.50 bits per heavy atom. The molecule has 0 fully saturated rings. The number of allylic oxidation sites excluding steroid dienone is 1. The molecule has 0 aliphatic rings. The molecule has 0 aromatic rings. The third-order valence-corrected chi connectivity index (χ3v) is 0.643. The standard InChI is InChI=1S/C3H3.3W/c1-3-2;;;/h1-3H;;;/q-1;;;. The molecule has 0 radical (unpaired) electrons. The topological polar surface area (TPSA) is 0 Å². The van der Waals surface area contributed by atoms with Crippen LogP contribution in [0.1, 0.15) is 0 Å². The van der Waals surface area contributed by atoms with Gasteiger partial charge in [0.15, 0.2) is 0 Å². The van der Waals surface area contributed by atoms with E-state index in [0.717, 1.165) is 0 Å². The van der Waals surface area contributed by atoms with Gasteiger partial charge in [0.25, 0.3) is 0 Å². The number of hydrogen-bond acceptors (Lipinski definition) is 0. The molecule has 0 nitrogen and oxygen atoms in total. The molecule has 0 heterocycles. The second-order valence-corrected chi connectivity index (χ2v) is 1.31. The van der Waals surface area contributed by atoms with Crippen molar-refractivity contribution < 1.29 is 51.8 Å². The zero-order valence-corrected chi connectivity index (χ0v) is 11.8. The Labute approximate surface area is 68.0 Å². The molecule has 34 valence electrons. The van der Waals surface area contributed by atoms with Gasteiger partial charge in [-0.15, -0.1) is 0 Å². The minimum atomic E-state index is 1.40. The molecule has 0 saturated heterocycles. The van der Waals surface area contributed by atoms with Crippen molar-refractivity contribution in [1.29, 1.82) is 0 Å². The normalized spacial score (nSPS) is 4.00. The maximum absolute atomic E-state index is 4.87. The van der Waals surface area contributed by atoms with Gasteiger partial charge in [0.05, 0.1) is 0 Å². The summed E-state index contributed by atoms with van der Waals surface area (Å²) in [6, 6.07) is 0. The molecule has 0 bridgehead atoms. The van der Waals surface area contributed by atoms with E-state index in [1.807, 2.05) is 4.40 Å². The van der Waals surface area contributed by atoms with Crippen molar-refractivity contribution in [3.05, 3.63) is 12.7 Å². The monoisotopic (exact) mass is 591 g/mol. The van der Waals surface area contributed by atoms with Crippen LogP contribution in [0.25, 0.3) is 0 Å². The van der Waals surface area contributed by atoms with Crippen molar-refractivity contribution in [2.24, 2.45) is 0 Å². The van der Waals surface area contributed by atoms with Gasteiger partial charge in [-0.25, -0.2) is 0 Å². The summed E-state index contributed by atoms with van der Waals surface area (Å²) in [5.41, 5.74) is 0. The Bertz CT molecular complexity index is 35.3. The first kappa shape index (κ1) is 10.6. The molecule has 0 N–H and O–H groups in total. The zero-order valence-electron chi connectivity index (χ0n) is 2.96. The summed E-state index contributed by atoms with van der Waals surface area (Å²) < 4.78 is 1.86. The van der Waals surface area contributed by atoms with Gasteiger partial charge in [-0.1, -0.05) is 0 Å². The predicted molar refractivity (Wildman–Crippen MR) is 14.9 cm³/mol. The van der Waals surface area contributed by atoms with E-state index in [1.165, 1.54) is 25.4 Å². The fourth-order valence-electron chi connectivity index (χ4n) is 0. The first-order chi connectivity index (χ1) is 2.91. The number of rotatable bonds is 1. The summed E-state index contributed by atoms with van der Waals surface area (Å²) in [7, 11) is 0. The van der Waals surface area contributed by atoms with Crippen LogP contribution in [0, 0.1) is 6.58 Å². The molecule has 0 atom stereocenters. The van der Waals surface area contributed by atoms with Crippen LogP contribution >= 0.6 is 0 Å². The van der Waals surface area contributed by atoms with Gasteiger partial charge in [-0.05, 0) is 0 Å². The van der Waals surface area contributed by atoms with Gasteiger partial charge in [-0.3, -0.25) is 0 Å². The Hall–Kier alpha value is 1.67. The van der Waals surface area contributed by atoms with Crippen molar-refractivity contribution in [3.8, 4) is 0 Å². The minimum absolute atomic E-state index is 1.40. The average Bonchev–Trinajstić information content (AvgIpc) is 1.72. The summed E-state index contributed by atoms with van der Waals surface area (Å²) in [6.45, 7) is 4.87. The summed E-state index contributed by atoms with van der Waals surface area (Å²) in [5.74, 6) is 0. The van der Waals surface area contributed by atoms with Crippen LogP contribution in [0.4, 0.5) is 0 Å². The van der Waals surface area contributed by atoms with Gasteiger partial charge >= 0.3 is 68.9 Å². The molecule has 0 unspecified atom stereocenters. The summed E-state index contributed by atoms with van der Waals surface area (Å²) in [4.78, 5) is 0. The van der Waals surface area contributed by atoms with Crippen molar-refractivity contribution >= 4 is 4.40 Å². The van der Waals surface area contributed by atoms with Crippen LogP contribution in [0.3, 0.4) is 0 Å². The van der Waals surface area contributed by atoms with E-state index < -0.39 is 0 Å². The second-order valence-electron chi connectivity index (χ2n) is 0.329. The first-order valence-electron chi connectivity index (χ1n) is 1.07. The van der Waals surface area contributed by atoms with Crippen molar-refractivity contribution in [1.82, 2.24) is 0 Å². The SMILES string of the molecule is [CH-]=C[CH]=[W].[W]=[W]. The summed E-state index contributed by atoms with van der Waals surface area (Å²) in [6.07, 6.45) is 1.54. The molecule has 0 aliphatic carbocycles. The molecule has 0 amide bonds. The van der Waals surface area contributed by atoms with Crippen molar-refractivity contribution in [2.75, 3.05) is 0 Å². The molecule has 0 saturated carbocycles. The molecular formula is C3H3W3-. The summed E-state index contributed by atoms with van der Waals surface area (Å²) in [5, 5.41) is 0. The molecule has 6 heavy (non-hydrogen) atoms.